The summed E-state index contributed by atoms with van der Waals surface area (Å²) in [5.74, 6) is -1.25. The van der Waals surface area contributed by atoms with E-state index in [1.165, 1.54) is 25.7 Å². The monoisotopic (exact) mass is 574 g/mol. The van der Waals surface area contributed by atoms with Gasteiger partial charge in [-0.25, -0.2) is 9.59 Å². The van der Waals surface area contributed by atoms with Crippen molar-refractivity contribution >= 4 is 24.0 Å². The van der Waals surface area contributed by atoms with Crippen molar-refractivity contribution in [2.75, 3.05) is 6.54 Å². The molecular weight excluding hydrogens is 524 g/mol. The lowest BCUT2D eigenvalue weighted by atomic mass is 10.0. The van der Waals surface area contributed by atoms with Gasteiger partial charge in [-0.3, -0.25) is 9.59 Å². The van der Waals surface area contributed by atoms with Crippen LogP contribution < -0.4 is 22.1 Å². The van der Waals surface area contributed by atoms with Crippen molar-refractivity contribution in [2.45, 2.75) is 86.5 Å². The number of hydrogen-bond donors (Lipinski definition) is 4. The lowest BCUT2D eigenvalue weighted by Gasteiger charge is -2.18. The van der Waals surface area contributed by atoms with Crippen LogP contribution in [0.3, 0.4) is 0 Å². The van der Waals surface area contributed by atoms with Gasteiger partial charge in [-0.2, -0.15) is 0 Å². The van der Waals surface area contributed by atoms with E-state index in [4.69, 9.17) is 20.9 Å². The predicted octanol–water partition coefficient (Wildman–Crippen LogP) is 5.43. The molecule has 2 aromatic rings. The second-order valence-electron chi connectivity index (χ2n) is 9.27. The third-order valence-electron chi connectivity index (χ3n) is 4.79. The lowest BCUT2D eigenvalue weighted by Crippen LogP contribution is -2.47. The largest absolute Gasteiger partial charge is 0.445 e. The zero-order valence-electron chi connectivity index (χ0n) is 25.5. The third-order valence-corrected chi connectivity index (χ3v) is 4.79. The maximum atomic E-state index is 11.5. The number of ether oxygens (including phenoxy) is 2. The summed E-state index contributed by atoms with van der Waals surface area (Å²) in [5.41, 5.74) is 11.8. The van der Waals surface area contributed by atoms with Gasteiger partial charge in [0.1, 0.15) is 19.3 Å². The van der Waals surface area contributed by atoms with E-state index in [0.717, 1.165) is 11.1 Å². The average Bonchev–Trinajstić information content (AvgIpc) is 2.95. The normalized spacial score (nSPS) is 10.1. The Morgan fingerprint density at radius 2 is 1.15 bits per heavy atom. The first-order chi connectivity index (χ1) is 19.5. The predicted molar refractivity (Wildman–Crippen MR) is 163 cm³/mol. The zero-order valence-corrected chi connectivity index (χ0v) is 25.5. The Balaban J connectivity index is 0. The summed E-state index contributed by atoms with van der Waals surface area (Å²) in [5, 5.41) is 4.67. The molecule has 230 valence electrons. The van der Waals surface area contributed by atoms with Crippen molar-refractivity contribution in [3.63, 3.8) is 0 Å². The summed E-state index contributed by atoms with van der Waals surface area (Å²) in [6.07, 6.45) is 4.03. The van der Waals surface area contributed by atoms with Gasteiger partial charge in [-0.15, -0.1) is 0 Å². The van der Waals surface area contributed by atoms with Gasteiger partial charge in [0.2, 0.25) is 11.8 Å². The molecule has 6 N–H and O–H groups in total. The number of hydrogen-bond acceptors (Lipinski definition) is 6. The van der Waals surface area contributed by atoms with Gasteiger partial charge in [-0.1, -0.05) is 128 Å². The van der Waals surface area contributed by atoms with E-state index in [-0.39, 0.29) is 25.7 Å². The first kappa shape index (κ1) is 39.1. The number of carbonyl (C=O) groups is 4. The third kappa shape index (κ3) is 24.7. The van der Waals surface area contributed by atoms with Crippen LogP contribution in [0.25, 0.3) is 0 Å². The maximum absolute atomic E-state index is 11.5. The molecule has 0 bridgehead atoms. The zero-order chi connectivity index (χ0) is 31.5. The van der Waals surface area contributed by atoms with Crippen molar-refractivity contribution in [3.8, 4) is 0 Å². The summed E-state index contributed by atoms with van der Waals surface area (Å²) in [7, 11) is 0. The van der Waals surface area contributed by atoms with Crippen LogP contribution in [0.5, 0.6) is 0 Å². The minimum Gasteiger partial charge on any atom is -0.445 e. The van der Waals surface area contributed by atoms with Crippen LogP contribution in [0, 0.1) is 5.92 Å². The van der Waals surface area contributed by atoms with Gasteiger partial charge < -0.3 is 31.6 Å². The molecule has 0 spiro atoms. The molecule has 2 aromatic carbocycles. The average molecular weight is 575 g/mol. The van der Waals surface area contributed by atoms with Crippen molar-refractivity contribution in [1.82, 2.24) is 10.6 Å². The fraction of sp³-hybridized carbons (Fsp3) is 0.484. The van der Waals surface area contributed by atoms with E-state index < -0.39 is 30.0 Å². The molecule has 0 aliphatic rings. The second kappa shape index (κ2) is 26.2. The fourth-order valence-corrected chi connectivity index (χ4v) is 2.75. The Bertz CT molecular complexity index is 954. The Hall–Kier alpha value is -4.08. The summed E-state index contributed by atoms with van der Waals surface area (Å²) < 4.78 is 9.82. The highest BCUT2D eigenvalue weighted by molar-refractivity contribution is 5.84. The molecule has 10 heteroatoms. The molecule has 0 radical (unpaired) electrons. The molecule has 1 atom stereocenters. The van der Waals surface area contributed by atoms with Crippen LogP contribution in [0.4, 0.5) is 9.59 Å². The summed E-state index contributed by atoms with van der Waals surface area (Å²) >= 11 is 0. The molecule has 0 aliphatic carbocycles. The van der Waals surface area contributed by atoms with Crippen LogP contribution in [0.15, 0.2) is 60.7 Å². The Kier molecular flexibility index (Phi) is 24.9. The Labute approximate surface area is 245 Å². The first-order valence-corrected chi connectivity index (χ1v) is 14.0. The molecule has 0 saturated heterocycles. The van der Waals surface area contributed by atoms with Crippen LogP contribution in [-0.2, 0) is 32.3 Å². The molecule has 4 amide bonds. The van der Waals surface area contributed by atoms with E-state index in [1.807, 2.05) is 60.7 Å². The second-order valence-corrected chi connectivity index (χ2v) is 9.27. The highest BCUT2D eigenvalue weighted by atomic mass is 16.6. The van der Waals surface area contributed by atoms with E-state index in [2.05, 4.69) is 38.3 Å². The molecule has 0 aromatic heterocycles. The highest BCUT2D eigenvalue weighted by Gasteiger charge is 2.22. The first-order valence-electron chi connectivity index (χ1n) is 14.0. The smallest absolute Gasteiger partial charge is 0.408 e. The number of carbonyl (C=O) groups excluding carboxylic acids is 4. The number of rotatable bonds is 11. The maximum Gasteiger partial charge on any atom is 0.408 e. The topological polar surface area (TPSA) is 163 Å². The summed E-state index contributed by atoms with van der Waals surface area (Å²) in [6.45, 7) is 12.4. The fourth-order valence-electron chi connectivity index (χ4n) is 2.75. The van der Waals surface area contributed by atoms with E-state index in [0.29, 0.717) is 0 Å². The molecular formula is C31H50N4O6. The SMILES string of the molecule is CC(C)C(NC(=O)OCc1ccccc1)C(N)=O.CCC.CCCCC.NC(=O)CNC(=O)OCc1ccccc1. The minimum absolute atomic E-state index is 0.0771. The number of unbranched alkanes of at least 4 members (excludes halogenated alkanes) is 2. The van der Waals surface area contributed by atoms with Gasteiger partial charge in [0.05, 0.1) is 6.54 Å². The molecule has 41 heavy (non-hydrogen) atoms. The minimum atomic E-state index is -0.715. The molecule has 2 rings (SSSR count). The Morgan fingerprint density at radius 1 is 0.732 bits per heavy atom. The quantitative estimate of drug-likeness (QED) is 0.279. The standard InChI is InChI=1S/C13H18N2O3.C10H12N2O3.C5H12.C3H8/c1-9(2)11(12(14)16)15-13(17)18-8-10-6-4-3-5-7-10;11-9(13)6-12-10(14)15-7-8-4-2-1-3-5-8;1-3-5-4-2;1-3-2/h3-7,9,11H,8H2,1-2H3,(H2,14,16)(H,15,17);1-5H,6-7H2,(H2,11,13)(H,12,14);3-5H2,1-2H3;3H2,1-2H3. The molecule has 0 aliphatic heterocycles. The van der Waals surface area contributed by atoms with Crippen molar-refractivity contribution in [2.24, 2.45) is 17.4 Å². The van der Waals surface area contributed by atoms with Crippen LogP contribution >= 0.6 is 0 Å². The lowest BCUT2D eigenvalue weighted by molar-refractivity contribution is -0.121. The van der Waals surface area contributed by atoms with Gasteiger partial charge >= 0.3 is 12.2 Å². The molecule has 0 fully saturated rings. The summed E-state index contributed by atoms with van der Waals surface area (Å²) in [6, 6.07) is 17.8. The molecule has 0 saturated carbocycles. The van der Waals surface area contributed by atoms with Crippen LogP contribution in [0.1, 0.15) is 78.4 Å². The molecule has 10 nitrogen and oxygen atoms in total. The summed E-state index contributed by atoms with van der Waals surface area (Å²) in [4.78, 5) is 43.9. The number of primary amides is 2. The highest BCUT2D eigenvalue weighted by Crippen LogP contribution is 2.04. The van der Waals surface area contributed by atoms with E-state index in [1.54, 1.807) is 13.8 Å². The van der Waals surface area contributed by atoms with Gasteiger partial charge in [0.25, 0.3) is 0 Å². The van der Waals surface area contributed by atoms with Crippen molar-refractivity contribution in [3.05, 3.63) is 71.8 Å². The number of nitrogens with one attached hydrogen (secondary N) is 2. The number of benzene rings is 2. The van der Waals surface area contributed by atoms with Crippen molar-refractivity contribution < 1.29 is 28.7 Å². The van der Waals surface area contributed by atoms with Crippen LogP contribution in [0.2, 0.25) is 0 Å². The van der Waals surface area contributed by atoms with Crippen molar-refractivity contribution in [1.29, 1.82) is 0 Å². The molecule has 0 heterocycles. The van der Waals surface area contributed by atoms with E-state index in [9.17, 15) is 19.2 Å². The van der Waals surface area contributed by atoms with Crippen LogP contribution in [-0.4, -0.2) is 36.6 Å². The number of amides is 4. The number of nitrogens with two attached hydrogens (primary N) is 2. The van der Waals surface area contributed by atoms with E-state index >= 15 is 0 Å². The van der Waals surface area contributed by atoms with Gasteiger partial charge in [0, 0.05) is 0 Å². The molecule has 1 unspecified atom stereocenters. The van der Waals surface area contributed by atoms with Gasteiger partial charge in [0.15, 0.2) is 0 Å². The Morgan fingerprint density at radius 3 is 1.46 bits per heavy atom. The van der Waals surface area contributed by atoms with Gasteiger partial charge in [-0.05, 0) is 17.0 Å². The number of alkyl carbamates (subject to hydrolysis) is 2.